The van der Waals surface area contributed by atoms with Gasteiger partial charge in [-0.15, -0.1) is 22.7 Å². The maximum Gasteiger partial charge on any atom is 0.0619 e. The van der Waals surface area contributed by atoms with E-state index in [2.05, 4.69) is 276 Å². The molecule has 368 valence electrons. The normalized spacial score (nSPS) is 11.4. The number of benzene rings is 11. The number of aromatic nitrogens is 1. The van der Waals surface area contributed by atoms with Crippen LogP contribution in [0.4, 0.5) is 34.1 Å². The average molecular weight is 1020 g/mol. The van der Waals surface area contributed by atoms with Crippen molar-refractivity contribution < 1.29 is 0 Å². The standard InChI is InChI=1S/C70H47N3S2.C2H6/c1-3-57-62-29-18-28-59(70(62)75-66(57)4-2)47-31-35-53(36-32-47)72(54-37-40-68-64(45-54)60-27-16-17-30-67(60)74-68)56-42-49(41-55(44-56)71(50-20-8-5-9-21-50)51-22-10-6-11-23-51)48-34-39-65-63(43-48)61-38-33-46-19-14-15-26-58(46)69(61)73(65)52-24-12-7-13-25-52;1-2/h3-45H,1-2H2;1-2H3. The van der Waals surface area contributed by atoms with E-state index in [1.54, 1.807) is 11.3 Å². The Morgan fingerprint density at radius 1 is 0.377 bits per heavy atom. The van der Waals surface area contributed by atoms with Crippen LogP contribution < -0.4 is 9.80 Å². The van der Waals surface area contributed by atoms with Crippen LogP contribution in [0.5, 0.6) is 0 Å². The number of rotatable bonds is 11. The molecule has 0 saturated carbocycles. The van der Waals surface area contributed by atoms with Crippen LogP contribution in [-0.2, 0) is 0 Å². The molecule has 3 heterocycles. The predicted molar refractivity (Wildman–Crippen MR) is 338 cm³/mol. The van der Waals surface area contributed by atoms with Crippen LogP contribution in [0, 0.1) is 0 Å². The molecule has 0 N–H and O–H groups in total. The average Bonchev–Trinajstić information content (AvgIpc) is 4.37. The van der Waals surface area contributed by atoms with Crippen molar-refractivity contribution in [2.75, 3.05) is 9.80 Å². The van der Waals surface area contributed by atoms with Crippen LogP contribution in [0.25, 0.3) is 103 Å². The van der Waals surface area contributed by atoms with Gasteiger partial charge in [0, 0.05) is 91.1 Å². The Labute approximate surface area is 457 Å². The summed E-state index contributed by atoms with van der Waals surface area (Å²) >= 11 is 3.62. The van der Waals surface area contributed by atoms with Gasteiger partial charge in [-0.3, -0.25) is 0 Å². The number of thiophene rings is 2. The van der Waals surface area contributed by atoms with E-state index in [9.17, 15) is 0 Å². The lowest BCUT2D eigenvalue weighted by Gasteiger charge is -2.30. The van der Waals surface area contributed by atoms with Crippen molar-refractivity contribution in [2.24, 2.45) is 0 Å². The highest BCUT2D eigenvalue weighted by Crippen LogP contribution is 2.47. The maximum atomic E-state index is 4.16. The molecule has 0 bridgehead atoms. The third-order valence-corrected chi connectivity index (χ3v) is 17.1. The number of fused-ring (bicyclic) bond motifs is 9. The summed E-state index contributed by atoms with van der Waals surface area (Å²) in [7, 11) is 0. The Hall–Kier alpha value is -9.26. The number of nitrogens with zero attached hydrogens (tertiary/aromatic N) is 3. The van der Waals surface area contributed by atoms with Crippen LogP contribution in [0.15, 0.2) is 262 Å². The van der Waals surface area contributed by atoms with Gasteiger partial charge in [0.25, 0.3) is 0 Å². The van der Waals surface area contributed by atoms with Crippen molar-refractivity contribution >= 4 is 132 Å². The Morgan fingerprint density at radius 3 is 1.69 bits per heavy atom. The zero-order valence-electron chi connectivity index (χ0n) is 42.9. The first-order valence-corrected chi connectivity index (χ1v) is 27.9. The van der Waals surface area contributed by atoms with Crippen molar-refractivity contribution in [1.29, 1.82) is 0 Å². The summed E-state index contributed by atoms with van der Waals surface area (Å²) in [5.74, 6) is 0. The molecule has 0 fully saturated rings. The minimum Gasteiger partial charge on any atom is -0.310 e. The van der Waals surface area contributed by atoms with Crippen LogP contribution in [-0.4, -0.2) is 4.57 Å². The van der Waals surface area contributed by atoms with E-state index in [-0.39, 0.29) is 0 Å². The smallest absolute Gasteiger partial charge is 0.0619 e. The monoisotopic (exact) mass is 1020 g/mol. The summed E-state index contributed by atoms with van der Waals surface area (Å²) in [6.45, 7) is 12.3. The third kappa shape index (κ3) is 8.29. The van der Waals surface area contributed by atoms with Gasteiger partial charge < -0.3 is 14.4 Å². The van der Waals surface area contributed by atoms with Crippen LogP contribution in [0.2, 0.25) is 0 Å². The molecule has 0 amide bonds. The van der Waals surface area contributed by atoms with Crippen LogP contribution >= 0.6 is 22.7 Å². The van der Waals surface area contributed by atoms with Crippen molar-refractivity contribution in [3.8, 4) is 27.9 Å². The molecule has 0 spiro atoms. The molecule has 0 atom stereocenters. The molecule has 77 heavy (non-hydrogen) atoms. The fourth-order valence-corrected chi connectivity index (χ4v) is 13.5. The van der Waals surface area contributed by atoms with Crippen molar-refractivity contribution in [3.63, 3.8) is 0 Å². The quantitative estimate of drug-likeness (QED) is 0.128. The minimum atomic E-state index is 1.04. The molecule has 3 nitrogen and oxygen atoms in total. The number of hydrogen-bond acceptors (Lipinski definition) is 4. The van der Waals surface area contributed by atoms with E-state index in [1.807, 2.05) is 37.3 Å². The van der Waals surface area contributed by atoms with Gasteiger partial charge in [-0.1, -0.05) is 185 Å². The van der Waals surface area contributed by atoms with Crippen LogP contribution in [0.3, 0.4) is 0 Å². The van der Waals surface area contributed by atoms with Gasteiger partial charge in [0.05, 0.1) is 11.0 Å². The van der Waals surface area contributed by atoms with Gasteiger partial charge in [-0.2, -0.15) is 0 Å². The number of anilines is 6. The van der Waals surface area contributed by atoms with Gasteiger partial charge in [-0.25, -0.2) is 0 Å². The van der Waals surface area contributed by atoms with E-state index >= 15 is 0 Å². The van der Waals surface area contributed by atoms with E-state index in [0.717, 1.165) is 66.9 Å². The number of hydrogen-bond donors (Lipinski definition) is 0. The molecule has 14 aromatic rings. The van der Waals surface area contributed by atoms with Crippen molar-refractivity contribution in [1.82, 2.24) is 4.57 Å². The molecule has 3 aromatic heterocycles. The SMILES string of the molecule is C=Cc1sc2c(-c3ccc(N(c4cc(-c5ccc6c(c5)c5ccc7ccccc7c5n6-c5ccccc5)cc(N(c5ccccc5)c5ccccc5)c4)c4ccc5sc6ccccc6c5c4)cc3)cccc2c1C=C.CC. The Kier molecular flexibility index (Phi) is 12.4. The molecule has 11 aromatic carbocycles. The fourth-order valence-electron chi connectivity index (χ4n) is 11.3. The van der Waals surface area contributed by atoms with E-state index < -0.39 is 0 Å². The second-order valence-corrected chi connectivity index (χ2v) is 21.1. The molecule has 5 heteroatoms. The molecule has 0 aliphatic carbocycles. The second-order valence-electron chi connectivity index (χ2n) is 19.0. The zero-order valence-corrected chi connectivity index (χ0v) is 44.5. The van der Waals surface area contributed by atoms with E-state index in [1.165, 1.54) is 68.4 Å². The lowest BCUT2D eigenvalue weighted by Crippen LogP contribution is -2.13. The highest BCUT2D eigenvalue weighted by Gasteiger charge is 2.23. The second kappa shape index (κ2) is 20.1. The first-order chi connectivity index (χ1) is 38.1. The van der Waals surface area contributed by atoms with Gasteiger partial charge in [0.1, 0.15) is 0 Å². The van der Waals surface area contributed by atoms with Crippen molar-refractivity contribution in [3.05, 3.63) is 272 Å². The summed E-state index contributed by atoms with van der Waals surface area (Å²) in [6, 6.07) is 91.2. The summed E-state index contributed by atoms with van der Waals surface area (Å²) in [4.78, 5) is 5.96. The first kappa shape index (κ1) is 47.5. The largest absolute Gasteiger partial charge is 0.310 e. The summed E-state index contributed by atoms with van der Waals surface area (Å²) in [5.41, 5.74) is 15.6. The third-order valence-electron chi connectivity index (χ3n) is 14.7. The van der Waals surface area contributed by atoms with Gasteiger partial charge in [0.2, 0.25) is 0 Å². The van der Waals surface area contributed by atoms with Gasteiger partial charge in [0.15, 0.2) is 0 Å². The minimum absolute atomic E-state index is 1.04. The van der Waals surface area contributed by atoms with Crippen molar-refractivity contribution in [2.45, 2.75) is 13.8 Å². The lowest BCUT2D eigenvalue weighted by molar-refractivity contribution is 1.19. The summed E-state index contributed by atoms with van der Waals surface area (Å²) in [5, 5.41) is 8.59. The lowest BCUT2D eigenvalue weighted by atomic mass is 9.99. The van der Waals surface area contributed by atoms with E-state index in [0.29, 0.717) is 0 Å². The van der Waals surface area contributed by atoms with E-state index in [4.69, 9.17) is 0 Å². The highest BCUT2D eigenvalue weighted by molar-refractivity contribution is 7.25. The molecular weight excluding hydrogens is 971 g/mol. The summed E-state index contributed by atoms with van der Waals surface area (Å²) in [6.07, 6.45) is 3.90. The topological polar surface area (TPSA) is 11.4 Å². The fraction of sp³-hybridized carbons (Fsp3) is 0.0278. The molecular formula is C72H53N3S2. The van der Waals surface area contributed by atoms with Crippen LogP contribution in [0.1, 0.15) is 24.3 Å². The number of para-hydroxylation sites is 3. The van der Waals surface area contributed by atoms with Gasteiger partial charge >= 0.3 is 0 Å². The Morgan fingerprint density at radius 2 is 0.974 bits per heavy atom. The van der Waals surface area contributed by atoms with Gasteiger partial charge in [-0.05, 0) is 136 Å². The summed E-state index contributed by atoms with van der Waals surface area (Å²) < 4.78 is 6.22. The predicted octanol–water partition coefficient (Wildman–Crippen LogP) is 22.1. The molecule has 0 unspecified atom stereocenters. The molecule has 14 rings (SSSR count). The Bertz CT molecular complexity index is 4470. The molecule has 0 aliphatic heterocycles. The molecule has 0 saturated heterocycles. The highest BCUT2D eigenvalue weighted by atomic mass is 32.1. The molecule has 0 radical (unpaired) electrons. The first-order valence-electron chi connectivity index (χ1n) is 26.3. The maximum absolute atomic E-state index is 4.16. The zero-order chi connectivity index (χ0) is 52.0. The molecule has 0 aliphatic rings. The Balaban J connectivity index is 0.00000280.